The zero-order valence-corrected chi connectivity index (χ0v) is 10.5. The molecule has 0 heterocycles. The van der Waals surface area contributed by atoms with Crippen LogP contribution in [-0.4, -0.2) is 11.9 Å². The summed E-state index contributed by atoms with van der Waals surface area (Å²) >= 11 is 0. The molecule has 0 aromatic heterocycles. The van der Waals surface area contributed by atoms with Gasteiger partial charge in [0.05, 0.1) is 6.61 Å². The first-order chi connectivity index (χ1) is 7.35. The molecule has 15 heavy (non-hydrogen) atoms. The molecule has 92 valence electrons. The van der Waals surface area contributed by atoms with Gasteiger partial charge in [-0.05, 0) is 12.3 Å². The van der Waals surface area contributed by atoms with Crippen molar-refractivity contribution in [2.24, 2.45) is 5.92 Å². The van der Waals surface area contributed by atoms with Gasteiger partial charge in [0.1, 0.15) is 0 Å². The highest BCUT2D eigenvalue weighted by molar-refractivity contribution is 4.56. The van der Waals surface area contributed by atoms with Gasteiger partial charge in [0, 0.05) is 0 Å². The lowest BCUT2D eigenvalue weighted by molar-refractivity contribution is -0.251. The van der Waals surface area contributed by atoms with Crippen molar-refractivity contribution in [2.45, 2.75) is 71.6 Å². The van der Waals surface area contributed by atoms with E-state index >= 15 is 0 Å². The van der Waals surface area contributed by atoms with Crippen molar-refractivity contribution in [1.29, 1.82) is 0 Å². The van der Waals surface area contributed by atoms with E-state index in [1.807, 2.05) is 0 Å². The van der Waals surface area contributed by atoms with Gasteiger partial charge in [0.15, 0.2) is 0 Å². The van der Waals surface area contributed by atoms with Crippen LogP contribution in [0.25, 0.3) is 0 Å². The molecule has 0 bridgehead atoms. The predicted molar refractivity (Wildman–Crippen MR) is 65.0 cm³/mol. The topological polar surface area (TPSA) is 29.5 Å². The minimum Gasteiger partial charge on any atom is -0.252 e. The lowest BCUT2D eigenvalue weighted by Gasteiger charge is -2.11. The van der Waals surface area contributed by atoms with Crippen molar-refractivity contribution in [2.75, 3.05) is 6.61 Å². The Morgan fingerprint density at radius 3 is 2.07 bits per heavy atom. The average molecular weight is 216 g/mol. The number of unbranched alkanes of at least 4 members (excludes halogenated alkanes) is 6. The molecule has 2 nitrogen and oxygen atoms in total. The minimum atomic E-state index is 0.506. The summed E-state index contributed by atoms with van der Waals surface area (Å²) in [5, 5.41) is 8.37. The van der Waals surface area contributed by atoms with E-state index in [1.54, 1.807) is 0 Å². The maximum atomic E-state index is 8.37. The Hall–Kier alpha value is -0.0800. The quantitative estimate of drug-likeness (QED) is 0.309. The Morgan fingerprint density at radius 2 is 1.53 bits per heavy atom. The van der Waals surface area contributed by atoms with Crippen LogP contribution in [0.2, 0.25) is 0 Å². The summed E-state index contributed by atoms with van der Waals surface area (Å²) in [5.41, 5.74) is 0. The van der Waals surface area contributed by atoms with Crippen LogP contribution in [0.1, 0.15) is 71.6 Å². The van der Waals surface area contributed by atoms with Gasteiger partial charge in [0.25, 0.3) is 0 Å². The third-order valence-electron chi connectivity index (χ3n) is 3.10. The smallest absolute Gasteiger partial charge is 0.0847 e. The van der Waals surface area contributed by atoms with Gasteiger partial charge in [-0.25, -0.2) is 4.89 Å². The van der Waals surface area contributed by atoms with Gasteiger partial charge in [0.2, 0.25) is 0 Å². The zero-order chi connectivity index (χ0) is 11.4. The Kier molecular flexibility index (Phi) is 11.9. The molecule has 0 fully saturated rings. The van der Waals surface area contributed by atoms with Crippen molar-refractivity contribution >= 4 is 0 Å². The van der Waals surface area contributed by atoms with Gasteiger partial charge in [-0.2, -0.15) is 0 Å². The van der Waals surface area contributed by atoms with E-state index in [2.05, 4.69) is 18.7 Å². The first kappa shape index (κ1) is 14.9. The molecule has 0 amide bonds. The molecule has 0 unspecified atom stereocenters. The molecule has 0 aliphatic carbocycles. The van der Waals surface area contributed by atoms with Crippen LogP contribution in [0.5, 0.6) is 0 Å². The van der Waals surface area contributed by atoms with Crippen LogP contribution in [0, 0.1) is 5.92 Å². The Balaban J connectivity index is 3.14. The van der Waals surface area contributed by atoms with Crippen molar-refractivity contribution < 1.29 is 10.1 Å². The molecular formula is C13H28O2. The van der Waals surface area contributed by atoms with Crippen LogP contribution >= 0.6 is 0 Å². The molecule has 0 saturated carbocycles. The number of hydrogen-bond donors (Lipinski definition) is 1. The Morgan fingerprint density at radius 1 is 0.933 bits per heavy atom. The summed E-state index contributed by atoms with van der Waals surface area (Å²) in [5.74, 6) is 0.547. The third kappa shape index (κ3) is 10.2. The highest BCUT2D eigenvalue weighted by atomic mass is 17.1. The van der Waals surface area contributed by atoms with E-state index in [-0.39, 0.29) is 0 Å². The summed E-state index contributed by atoms with van der Waals surface area (Å²) in [7, 11) is 0. The van der Waals surface area contributed by atoms with Crippen LogP contribution in [0.4, 0.5) is 0 Å². The Bertz CT molecular complexity index is 115. The Labute approximate surface area is 95.0 Å². The first-order valence-electron chi connectivity index (χ1n) is 6.61. The van der Waals surface area contributed by atoms with Crippen molar-refractivity contribution in [3.63, 3.8) is 0 Å². The largest absolute Gasteiger partial charge is 0.252 e. The maximum absolute atomic E-state index is 8.37. The molecule has 0 spiro atoms. The fraction of sp³-hybridized carbons (Fsp3) is 1.00. The normalized spacial score (nSPS) is 13.0. The SMILES string of the molecule is CCCCCCCCC[C@H](CC)COO. The third-order valence-corrected chi connectivity index (χ3v) is 3.10. The fourth-order valence-electron chi connectivity index (χ4n) is 1.90. The number of hydrogen-bond acceptors (Lipinski definition) is 2. The molecule has 0 saturated heterocycles. The van der Waals surface area contributed by atoms with Crippen molar-refractivity contribution in [1.82, 2.24) is 0 Å². The minimum absolute atomic E-state index is 0.506. The van der Waals surface area contributed by atoms with E-state index in [9.17, 15) is 0 Å². The van der Waals surface area contributed by atoms with Crippen LogP contribution < -0.4 is 0 Å². The number of rotatable bonds is 11. The van der Waals surface area contributed by atoms with E-state index in [4.69, 9.17) is 5.26 Å². The molecular weight excluding hydrogens is 188 g/mol. The molecule has 0 aliphatic heterocycles. The maximum Gasteiger partial charge on any atom is 0.0847 e. The molecule has 0 radical (unpaired) electrons. The van der Waals surface area contributed by atoms with E-state index < -0.39 is 0 Å². The van der Waals surface area contributed by atoms with E-state index in [0.717, 1.165) is 6.42 Å². The fourth-order valence-corrected chi connectivity index (χ4v) is 1.90. The molecule has 0 aromatic rings. The highest BCUT2D eigenvalue weighted by Gasteiger charge is 2.05. The standard InChI is InChI=1S/C13H28O2/c1-3-5-6-7-8-9-10-11-13(4-2)12-15-14/h13-14H,3-12H2,1-2H3/t13-/m0/s1. The summed E-state index contributed by atoms with van der Waals surface area (Å²) in [6.45, 7) is 4.91. The predicted octanol–water partition coefficient (Wildman–Crippen LogP) is 4.64. The van der Waals surface area contributed by atoms with Gasteiger partial charge in [-0.3, -0.25) is 5.26 Å². The lowest BCUT2D eigenvalue weighted by atomic mass is 9.99. The second-order valence-electron chi connectivity index (χ2n) is 4.48. The van der Waals surface area contributed by atoms with Gasteiger partial charge in [-0.1, -0.05) is 65.2 Å². The second-order valence-corrected chi connectivity index (χ2v) is 4.48. The van der Waals surface area contributed by atoms with Gasteiger partial charge < -0.3 is 0 Å². The zero-order valence-electron chi connectivity index (χ0n) is 10.5. The van der Waals surface area contributed by atoms with E-state index in [1.165, 1.54) is 51.4 Å². The van der Waals surface area contributed by atoms with Crippen LogP contribution in [0.15, 0.2) is 0 Å². The van der Waals surface area contributed by atoms with Gasteiger partial charge in [-0.15, -0.1) is 0 Å². The molecule has 0 aliphatic rings. The summed E-state index contributed by atoms with van der Waals surface area (Å²) in [4.78, 5) is 4.20. The van der Waals surface area contributed by atoms with Crippen molar-refractivity contribution in [3.05, 3.63) is 0 Å². The summed E-state index contributed by atoms with van der Waals surface area (Å²) in [6, 6.07) is 0. The van der Waals surface area contributed by atoms with Gasteiger partial charge >= 0.3 is 0 Å². The monoisotopic (exact) mass is 216 g/mol. The average Bonchev–Trinajstić information content (AvgIpc) is 2.26. The summed E-state index contributed by atoms with van der Waals surface area (Å²) < 4.78 is 0. The van der Waals surface area contributed by atoms with Crippen molar-refractivity contribution in [3.8, 4) is 0 Å². The molecule has 0 aromatic carbocycles. The molecule has 0 rings (SSSR count). The lowest BCUT2D eigenvalue weighted by Crippen LogP contribution is -2.06. The van der Waals surface area contributed by atoms with E-state index in [0.29, 0.717) is 12.5 Å². The second kappa shape index (κ2) is 12.0. The first-order valence-corrected chi connectivity index (χ1v) is 6.61. The molecule has 1 atom stereocenters. The van der Waals surface area contributed by atoms with Crippen LogP contribution in [0.3, 0.4) is 0 Å². The molecule has 2 heteroatoms. The molecule has 1 N–H and O–H groups in total. The van der Waals surface area contributed by atoms with Crippen LogP contribution in [-0.2, 0) is 4.89 Å². The summed E-state index contributed by atoms with van der Waals surface area (Å²) in [6.07, 6.45) is 11.8. The highest BCUT2D eigenvalue weighted by Crippen LogP contribution is 2.15.